The lowest BCUT2D eigenvalue weighted by atomic mass is 10.1. The van der Waals surface area contributed by atoms with Gasteiger partial charge in [0, 0.05) is 6.54 Å². The van der Waals surface area contributed by atoms with Gasteiger partial charge in [-0.1, -0.05) is 50.6 Å². The van der Waals surface area contributed by atoms with Gasteiger partial charge in [-0.05, 0) is 38.3 Å². The summed E-state index contributed by atoms with van der Waals surface area (Å²) in [6, 6.07) is 8.68. The van der Waals surface area contributed by atoms with E-state index in [4.69, 9.17) is 4.74 Å². The number of hydrogen-bond donors (Lipinski definition) is 1. The molecule has 0 saturated heterocycles. The number of ether oxygens (including phenoxy) is 1. The van der Waals surface area contributed by atoms with E-state index in [1.807, 2.05) is 0 Å². The number of benzene rings is 1. The van der Waals surface area contributed by atoms with Crippen LogP contribution >= 0.6 is 0 Å². The minimum absolute atomic E-state index is 0.143. The molecule has 0 saturated carbocycles. The molecular weight excluding hydrogens is 234 g/mol. The monoisotopic (exact) mass is 263 g/mol. The first-order valence-corrected chi connectivity index (χ1v) is 7.47. The van der Waals surface area contributed by atoms with Crippen LogP contribution in [0.5, 0.6) is 0 Å². The average Bonchev–Trinajstić information content (AvgIpc) is 2.38. The van der Waals surface area contributed by atoms with E-state index in [2.05, 4.69) is 64.2 Å². The largest absolute Gasteiger partial charge is 0.369 e. The number of nitrogens with one attached hydrogen (secondary N) is 1. The second kappa shape index (κ2) is 8.34. The summed E-state index contributed by atoms with van der Waals surface area (Å²) in [5, 5.41) is 3.47. The van der Waals surface area contributed by atoms with Crippen molar-refractivity contribution in [1.82, 2.24) is 5.32 Å². The lowest BCUT2D eigenvalue weighted by molar-refractivity contribution is -0.0258. The van der Waals surface area contributed by atoms with Gasteiger partial charge < -0.3 is 10.1 Å². The average molecular weight is 263 g/mol. The lowest BCUT2D eigenvalue weighted by Gasteiger charge is -2.25. The molecule has 0 aromatic heterocycles. The summed E-state index contributed by atoms with van der Waals surface area (Å²) >= 11 is 0. The highest BCUT2D eigenvalue weighted by Crippen LogP contribution is 2.21. The second-order valence-electron chi connectivity index (χ2n) is 5.69. The lowest BCUT2D eigenvalue weighted by Crippen LogP contribution is -2.28. The molecular formula is C17H29NO. The molecule has 0 amide bonds. The number of rotatable bonds is 8. The fourth-order valence-corrected chi connectivity index (χ4v) is 1.85. The van der Waals surface area contributed by atoms with Crippen LogP contribution in [0.1, 0.15) is 51.3 Å². The summed E-state index contributed by atoms with van der Waals surface area (Å²) in [6.07, 6.45) is 1.57. The van der Waals surface area contributed by atoms with Gasteiger partial charge in [-0.3, -0.25) is 0 Å². The third kappa shape index (κ3) is 5.75. The van der Waals surface area contributed by atoms with Gasteiger partial charge in [-0.25, -0.2) is 0 Å². The first kappa shape index (κ1) is 16.2. The number of hydrogen-bond acceptors (Lipinski definition) is 2. The number of aryl methyl sites for hydroxylation is 1. The van der Waals surface area contributed by atoms with Gasteiger partial charge in [0.25, 0.3) is 0 Å². The van der Waals surface area contributed by atoms with Crippen molar-refractivity contribution in [1.29, 1.82) is 0 Å². The van der Waals surface area contributed by atoms with Crippen LogP contribution in [0.4, 0.5) is 0 Å². The molecule has 19 heavy (non-hydrogen) atoms. The molecule has 0 fully saturated rings. The van der Waals surface area contributed by atoms with Crippen molar-refractivity contribution < 1.29 is 4.74 Å². The van der Waals surface area contributed by atoms with Gasteiger partial charge in [0.05, 0.1) is 12.2 Å². The van der Waals surface area contributed by atoms with E-state index in [-0.39, 0.29) is 12.2 Å². The van der Waals surface area contributed by atoms with Crippen molar-refractivity contribution in [3.05, 3.63) is 35.4 Å². The normalized spacial score (nSPS) is 14.6. The minimum Gasteiger partial charge on any atom is -0.369 e. The van der Waals surface area contributed by atoms with Crippen LogP contribution in [0.15, 0.2) is 24.3 Å². The molecule has 108 valence electrons. The van der Waals surface area contributed by atoms with Crippen LogP contribution in [0.3, 0.4) is 0 Å². The van der Waals surface area contributed by atoms with E-state index in [0.717, 1.165) is 19.5 Å². The Kier molecular flexibility index (Phi) is 7.11. The molecule has 1 N–H and O–H groups in total. The molecule has 0 aliphatic heterocycles. The zero-order chi connectivity index (χ0) is 14.3. The predicted molar refractivity (Wildman–Crippen MR) is 82.5 cm³/mol. The van der Waals surface area contributed by atoms with Crippen molar-refractivity contribution in [2.24, 2.45) is 5.92 Å². The Bertz CT molecular complexity index is 345. The van der Waals surface area contributed by atoms with Crippen molar-refractivity contribution in [2.75, 3.05) is 13.1 Å². The molecule has 2 atom stereocenters. The fourth-order valence-electron chi connectivity index (χ4n) is 1.85. The van der Waals surface area contributed by atoms with Crippen molar-refractivity contribution in [3.8, 4) is 0 Å². The van der Waals surface area contributed by atoms with E-state index in [1.54, 1.807) is 0 Å². The molecule has 2 heteroatoms. The Hall–Kier alpha value is -0.860. The highest BCUT2D eigenvalue weighted by molar-refractivity contribution is 5.23. The smallest absolute Gasteiger partial charge is 0.0952 e. The fraction of sp³-hybridized carbons (Fsp3) is 0.647. The zero-order valence-corrected chi connectivity index (χ0v) is 13.1. The second-order valence-corrected chi connectivity index (χ2v) is 5.69. The summed E-state index contributed by atoms with van der Waals surface area (Å²) in [7, 11) is 0. The third-order valence-electron chi connectivity index (χ3n) is 3.52. The van der Waals surface area contributed by atoms with Gasteiger partial charge in [0.15, 0.2) is 0 Å². The van der Waals surface area contributed by atoms with Crippen molar-refractivity contribution in [2.45, 2.75) is 53.2 Å². The quantitative estimate of drug-likeness (QED) is 0.713. The molecule has 1 rings (SSSR count). The summed E-state index contributed by atoms with van der Waals surface area (Å²) in [5.74, 6) is 0.541. The summed E-state index contributed by atoms with van der Waals surface area (Å²) in [4.78, 5) is 0. The molecule has 0 bridgehead atoms. The summed E-state index contributed by atoms with van der Waals surface area (Å²) < 4.78 is 6.22. The Labute approximate surface area is 118 Å². The van der Waals surface area contributed by atoms with E-state index in [1.165, 1.54) is 11.1 Å². The minimum atomic E-state index is 0.143. The molecule has 0 spiro atoms. The first-order valence-electron chi connectivity index (χ1n) is 7.47. The highest BCUT2D eigenvalue weighted by atomic mass is 16.5. The van der Waals surface area contributed by atoms with Crippen molar-refractivity contribution >= 4 is 0 Å². The first-order chi connectivity index (χ1) is 9.04. The maximum atomic E-state index is 6.22. The van der Waals surface area contributed by atoms with E-state index in [9.17, 15) is 0 Å². The Morgan fingerprint density at radius 2 is 1.74 bits per heavy atom. The van der Waals surface area contributed by atoms with Crippen LogP contribution in [-0.2, 0) is 4.74 Å². The molecule has 0 heterocycles. The summed E-state index contributed by atoms with van der Waals surface area (Å²) in [6.45, 7) is 12.8. The predicted octanol–water partition coefficient (Wildman–Crippen LogP) is 4.10. The van der Waals surface area contributed by atoms with Gasteiger partial charge in [-0.2, -0.15) is 0 Å². The van der Waals surface area contributed by atoms with E-state index < -0.39 is 0 Å². The van der Waals surface area contributed by atoms with Gasteiger partial charge >= 0.3 is 0 Å². The standard InChI is InChI=1S/C17H29NO/c1-6-11-18-12-17(19-15(5)13(2)3)16-9-7-14(4)8-10-16/h7-10,13,15,17-18H,6,11-12H2,1-5H3. The maximum absolute atomic E-state index is 6.22. The van der Waals surface area contributed by atoms with Crippen LogP contribution in [0.25, 0.3) is 0 Å². The Morgan fingerprint density at radius 3 is 2.26 bits per heavy atom. The van der Waals surface area contributed by atoms with Gasteiger partial charge in [0.1, 0.15) is 0 Å². The highest BCUT2D eigenvalue weighted by Gasteiger charge is 2.17. The van der Waals surface area contributed by atoms with Gasteiger partial charge in [-0.15, -0.1) is 0 Å². The summed E-state index contributed by atoms with van der Waals surface area (Å²) in [5.41, 5.74) is 2.56. The van der Waals surface area contributed by atoms with Crippen molar-refractivity contribution in [3.63, 3.8) is 0 Å². The Balaban J connectivity index is 2.70. The molecule has 2 nitrogen and oxygen atoms in total. The van der Waals surface area contributed by atoms with Crippen LogP contribution in [0, 0.1) is 12.8 Å². The van der Waals surface area contributed by atoms with E-state index in [0.29, 0.717) is 5.92 Å². The molecule has 0 radical (unpaired) electrons. The van der Waals surface area contributed by atoms with Crippen LogP contribution < -0.4 is 5.32 Å². The molecule has 2 unspecified atom stereocenters. The molecule has 0 aliphatic carbocycles. The Morgan fingerprint density at radius 1 is 1.11 bits per heavy atom. The SMILES string of the molecule is CCCNCC(OC(C)C(C)C)c1ccc(C)cc1. The van der Waals surface area contributed by atoms with Gasteiger partial charge in [0.2, 0.25) is 0 Å². The molecule has 0 aliphatic rings. The van der Waals surface area contributed by atoms with Crippen LogP contribution in [-0.4, -0.2) is 19.2 Å². The van der Waals surface area contributed by atoms with E-state index >= 15 is 0 Å². The topological polar surface area (TPSA) is 21.3 Å². The maximum Gasteiger partial charge on any atom is 0.0952 e. The third-order valence-corrected chi connectivity index (χ3v) is 3.52. The molecule has 1 aromatic carbocycles. The van der Waals surface area contributed by atoms with Crippen LogP contribution in [0.2, 0.25) is 0 Å². The molecule has 1 aromatic rings. The zero-order valence-electron chi connectivity index (χ0n) is 13.1.